The van der Waals surface area contributed by atoms with Crippen LogP contribution in [0.4, 0.5) is 0 Å². The van der Waals surface area contributed by atoms with Crippen LogP contribution in [0.1, 0.15) is 41.0 Å². The van der Waals surface area contributed by atoms with Crippen molar-refractivity contribution < 1.29 is 9.59 Å². The lowest BCUT2D eigenvalue weighted by Crippen LogP contribution is -2.47. The smallest absolute Gasteiger partial charge is 0.242 e. The molecule has 4 nitrogen and oxygen atoms in total. The summed E-state index contributed by atoms with van der Waals surface area (Å²) < 4.78 is 0. The van der Waals surface area contributed by atoms with E-state index in [1.54, 1.807) is 14.0 Å². The minimum absolute atomic E-state index is 0.0918. The van der Waals surface area contributed by atoms with E-state index in [-0.39, 0.29) is 17.9 Å². The fraction of sp³-hybridized carbons (Fsp3) is 0.833. The Hall–Kier alpha value is -1.06. The third kappa shape index (κ3) is 5.14. The highest BCUT2D eigenvalue weighted by molar-refractivity contribution is 5.86. The molecule has 0 aromatic heterocycles. The van der Waals surface area contributed by atoms with Gasteiger partial charge < -0.3 is 10.2 Å². The van der Waals surface area contributed by atoms with E-state index in [2.05, 4.69) is 19.2 Å². The zero-order chi connectivity index (χ0) is 12.9. The molecule has 16 heavy (non-hydrogen) atoms. The molecule has 0 aliphatic heterocycles. The highest BCUT2D eigenvalue weighted by Gasteiger charge is 2.21. The van der Waals surface area contributed by atoms with Crippen LogP contribution in [0.2, 0.25) is 0 Å². The van der Waals surface area contributed by atoms with Crippen molar-refractivity contribution in [1.29, 1.82) is 0 Å². The molecule has 0 rings (SSSR count). The molecule has 2 atom stereocenters. The molecule has 0 saturated carbocycles. The molecule has 4 heteroatoms. The summed E-state index contributed by atoms with van der Waals surface area (Å²) in [5, 5.41) is 2.91. The van der Waals surface area contributed by atoms with Crippen molar-refractivity contribution in [1.82, 2.24) is 10.2 Å². The molecule has 0 radical (unpaired) electrons. The average Bonchev–Trinajstić information content (AvgIpc) is 2.13. The van der Waals surface area contributed by atoms with Gasteiger partial charge >= 0.3 is 0 Å². The SMILES string of the molecule is CC(=O)N(C)C(C)C(=O)NC(C)CC(C)C. The van der Waals surface area contributed by atoms with Crippen molar-refractivity contribution in [2.45, 2.75) is 53.1 Å². The minimum atomic E-state index is -0.410. The molecule has 0 heterocycles. The van der Waals surface area contributed by atoms with Crippen molar-refractivity contribution in [3.05, 3.63) is 0 Å². The van der Waals surface area contributed by atoms with Gasteiger partial charge in [-0.25, -0.2) is 0 Å². The van der Waals surface area contributed by atoms with E-state index in [4.69, 9.17) is 0 Å². The molecule has 0 aliphatic rings. The Bertz CT molecular complexity index is 251. The van der Waals surface area contributed by atoms with Crippen LogP contribution in [-0.2, 0) is 9.59 Å². The zero-order valence-electron chi connectivity index (χ0n) is 11.2. The van der Waals surface area contributed by atoms with E-state index in [1.165, 1.54) is 11.8 Å². The molecule has 0 spiro atoms. The summed E-state index contributed by atoms with van der Waals surface area (Å²) >= 11 is 0. The first-order valence-electron chi connectivity index (χ1n) is 5.79. The Labute approximate surface area is 98.4 Å². The predicted molar refractivity (Wildman–Crippen MR) is 65.0 cm³/mol. The van der Waals surface area contributed by atoms with Gasteiger partial charge in [0.05, 0.1) is 0 Å². The summed E-state index contributed by atoms with van der Waals surface area (Å²) in [6.45, 7) is 9.42. The fourth-order valence-electron chi connectivity index (χ4n) is 1.58. The van der Waals surface area contributed by atoms with Crippen LogP contribution in [0.15, 0.2) is 0 Å². The fourth-order valence-corrected chi connectivity index (χ4v) is 1.58. The summed E-state index contributed by atoms with van der Waals surface area (Å²) in [5.41, 5.74) is 0. The first-order valence-corrected chi connectivity index (χ1v) is 5.79. The van der Waals surface area contributed by atoms with Crippen LogP contribution in [0.3, 0.4) is 0 Å². The third-order valence-electron chi connectivity index (χ3n) is 2.67. The largest absolute Gasteiger partial charge is 0.352 e. The van der Waals surface area contributed by atoms with Crippen LogP contribution in [-0.4, -0.2) is 35.8 Å². The quantitative estimate of drug-likeness (QED) is 0.773. The van der Waals surface area contributed by atoms with E-state index < -0.39 is 6.04 Å². The monoisotopic (exact) mass is 228 g/mol. The molecule has 0 saturated heterocycles. The van der Waals surface area contributed by atoms with Crippen LogP contribution < -0.4 is 5.32 Å². The number of carbonyl (C=O) groups excluding carboxylic acids is 2. The van der Waals surface area contributed by atoms with Gasteiger partial charge in [-0.15, -0.1) is 0 Å². The number of hydrogen-bond acceptors (Lipinski definition) is 2. The van der Waals surface area contributed by atoms with E-state index in [9.17, 15) is 9.59 Å². The van der Waals surface area contributed by atoms with Gasteiger partial charge in [-0.3, -0.25) is 9.59 Å². The standard InChI is InChI=1S/C12H24N2O2/c1-8(2)7-9(3)13-12(16)10(4)14(6)11(5)15/h8-10H,7H2,1-6H3,(H,13,16). The molecule has 0 aliphatic carbocycles. The molecular formula is C12H24N2O2. The lowest BCUT2D eigenvalue weighted by atomic mass is 10.0. The number of nitrogens with zero attached hydrogens (tertiary/aromatic N) is 1. The predicted octanol–water partition coefficient (Wildman–Crippen LogP) is 1.40. The highest BCUT2D eigenvalue weighted by Crippen LogP contribution is 2.05. The summed E-state index contributed by atoms with van der Waals surface area (Å²) in [6, 6.07) is -0.262. The molecule has 0 fully saturated rings. The first-order chi connectivity index (χ1) is 7.25. The van der Waals surface area contributed by atoms with Crippen LogP contribution in [0, 0.1) is 5.92 Å². The lowest BCUT2D eigenvalue weighted by molar-refractivity contribution is -0.137. The van der Waals surface area contributed by atoms with Crippen molar-refractivity contribution >= 4 is 11.8 Å². The molecule has 2 unspecified atom stereocenters. The van der Waals surface area contributed by atoms with Crippen LogP contribution in [0.25, 0.3) is 0 Å². The summed E-state index contributed by atoms with van der Waals surface area (Å²) in [7, 11) is 1.64. The molecule has 0 aromatic carbocycles. The zero-order valence-corrected chi connectivity index (χ0v) is 11.2. The Morgan fingerprint density at radius 2 is 1.69 bits per heavy atom. The Balaban J connectivity index is 4.20. The number of nitrogens with one attached hydrogen (secondary N) is 1. The molecule has 2 amide bonds. The van der Waals surface area contributed by atoms with Gasteiger partial charge in [0.15, 0.2) is 0 Å². The van der Waals surface area contributed by atoms with Gasteiger partial charge in [-0.2, -0.15) is 0 Å². The van der Waals surface area contributed by atoms with Gasteiger partial charge in [0, 0.05) is 20.0 Å². The van der Waals surface area contributed by atoms with Crippen LogP contribution in [0.5, 0.6) is 0 Å². The summed E-state index contributed by atoms with van der Waals surface area (Å²) in [5.74, 6) is 0.362. The van der Waals surface area contributed by atoms with E-state index in [1.807, 2.05) is 6.92 Å². The first kappa shape index (κ1) is 14.9. The van der Waals surface area contributed by atoms with Gasteiger partial charge in [0.1, 0.15) is 6.04 Å². The van der Waals surface area contributed by atoms with E-state index in [0.29, 0.717) is 5.92 Å². The second-order valence-corrected chi connectivity index (χ2v) is 4.85. The average molecular weight is 228 g/mol. The van der Waals surface area contributed by atoms with E-state index in [0.717, 1.165) is 6.42 Å². The van der Waals surface area contributed by atoms with Crippen LogP contribution >= 0.6 is 0 Å². The van der Waals surface area contributed by atoms with Gasteiger partial charge in [-0.1, -0.05) is 13.8 Å². The maximum atomic E-state index is 11.8. The van der Waals surface area contributed by atoms with Crippen molar-refractivity contribution in [2.24, 2.45) is 5.92 Å². The second-order valence-electron chi connectivity index (χ2n) is 4.85. The third-order valence-corrected chi connectivity index (χ3v) is 2.67. The topological polar surface area (TPSA) is 49.4 Å². The van der Waals surface area contributed by atoms with Crippen molar-refractivity contribution in [2.75, 3.05) is 7.05 Å². The number of amides is 2. The van der Waals surface area contributed by atoms with Crippen molar-refractivity contribution in [3.63, 3.8) is 0 Å². The Morgan fingerprint density at radius 3 is 2.06 bits per heavy atom. The molecule has 94 valence electrons. The van der Waals surface area contributed by atoms with Crippen molar-refractivity contribution in [3.8, 4) is 0 Å². The lowest BCUT2D eigenvalue weighted by Gasteiger charge is -2.25. The maximum absolute atomic E-state index is 11.8. The molecule has 0 aromatic rings. The molecule has 1 N–H and O–H groups in total. The second kappa shape index (κ2) is 6.51. The molecular weight excluding hydrogens is 204 g/mol. The maximum Gasteiger partial charge on any atom is 0.242 e. The number of hydrogen-bond donors (Lipinski definition) is 1. The Morgan fingerprint density at radius 1 is 1.19 bits per heavy atom. The number of rotatable bonds is 5. The highest BCUT2D eigenvalue weighted by atomic mass is 16.2. The molecule has 0 bridgehead atoms. The number of carbonyl (C=O) groups is 2. The number of likely N-dealkylation sites (N-methyl/N-ethyl adjacent to an activating group) is 1. The normalized spacial score (nSPS) is 14.4. The Kier molecular flexibility index (Phi) is 6.08. The van der Waals surface area contributed by atoms with Gasteiger partial charge in [-0.05, 0) is 26.2 Å². The minimum Gasteiger partial charge on any atom is -0.352 e. The van der Waals surface area contributed by atoms with Gasteiger partial charge in [0.25, 0.3) is 0 Å². The summed E-state index contributed by atoms with van der Waals surface area (Å²) in [4.78, 5) is 24.3. The van der Waals surface area contributed by atoms with Gasteiger partial charge in [0.2, 0.25) is 11.8 Å². The van der Waals surface area contributed by atoms with E-state index >= 15 is 0 Å². The summed E-state index contributed by atoms with van der Waals surface area (Å²) in [6.07, 6.45) is 0.947.